The van der Waals surface area contributed by atoms with Gasteiger partial charge < -0.3 is 0 Å². The third kappa shape index (κ3) is 2.96. The Hall–Kier alpha value is 0.810. The topological polar surface area (TPSA) is 0 Å². The van der Waals surface area contributed by atoms with E-state index in [1.165, 1.54) is 0 Å². The molecule has 0 nitrogen and oxygen atoms in total. The molecule has 0 rings (SSSR count). The standard InChI is InChI=1S/C3H3ClF3I/c4-1-2(5)3(6,7)8/h2H,1H2. The van der Waals surface area contributed by atoms with E-state index < -0.39 is 16.0 Å². The number of hydrogen-bond donors (Lipinski definition) is 0. The molecule has 0 aromatic rings. The van der Waals surface area contributed by atoms with Gasteiger partial charge in [0.05, 0.1) is 5.88 Å². The first kappa shape index (κ1) is 8.81. The van der Waals surface area contributed by atoms with Crippen LogP contribution in [-0.2, 0) is 0 Å². The molecule has 0 saturated heterocycles. The van der Waals surface area contributed by atoms with Gasteiger partial charge in [-0.15, -0.1) is 11.6 Å². The molecule has 0 aliphatic rings. The van der Waals surface area contributed by atoms with E-state index >= 15 is 0 Å². The molecular weight excluding hydrogens is 255 g/mol. The molecule has 0 aromatic heterocycles. The second-order valence-corrected chi connectivity index (χ2v) is 2.91. The van der Waals surface area contributed by atoms with E-state index in [4.69, 9.17) is 11.6 Å². The van der Waals surface area contributed by atoms with Crippen molar-refractivity contribution < 1.29 is 13.2 Å². The summed E-state index contributed by atoms with van der Waals surface area (Å²) in [5, 5.41) is 0. The van der Waals surface area contributed by atoms with Gasteiger partial charge in [0, 0.05) is 22.6 Å². The summed E-state index contributed by atoms with van der Waals surface area (Å²) in [5.41, 5.74) is 0. The smallest absolute Gasteiger partial charge is 0.239 e. The second kappa shape index (κ2) is 3.10. The maximum Gasteiger partial charge on any atom is 0.328 e. The Morgan fingerprint density at radius 2 is 2.00 bits per heavy atom. The van der Waals surface area contributed by atoms with Gasteiger partial charge in [-0.1, -0.05) is 0 Å². The van der Waals surface area contributed by atoms with Crippen LogP contribution < -0.4 is 0 Å². The fourth-order valence-electron chi connectivity index (χ4n) is 0.0875. The van der Waals surface area contributed by atoms with Gasteiger partial charge in [-0.05, 0) is 0 Å². The van der Waals surface area contributed by atoms with Crippen molar-refractivity contribution in [2.45, 2.75) is 10.1 Å². The monoisotopic (exact) mass is 258 g/mol. The molecule has 50 valence electrons. The summed E-state index contributed by atoms with van der Waals surface area (Å²) in [6.45, 7) is 0. The lowest BCUT2D eigenvalue weighted by Gasteiger charge is -2.09. The lowest BCUT2D eigenvalue weighted by Crippen LogP contribution is -2.23. The van der Waals surface area contributed by atoms with Crippen molar-refractivity contribution >= 4 is 34.2 Å². The molecule has 0 heterocycles. The van der Waals surface area contributed by atoms with Crippen LogP contribution in [0.2, 0.25) is 0 Å². The number of halogens is 5. The molecule has 0 bridgehead atoms. The average Bonchev–Trinajstić information content (AvgIpc) is 1.62. The molecule has 8 heavy (non-hydrogen) atoms. The van der Waals surface area contributed by atoms with Gasteiger partial charge in [0.15, 0.2) is 6.17 Å². The zero-order valence-electron chi connectivity index (χ0n) is 3.67. The Bertz CT molecular complexity index is 71.4. The molecule has 1 unspecified atom stereocenters. The van der Waals surface area contributed by atoms with Crippen molar-refractivity contribution in [2.75, 3.05) is 5.88 Å². The zero-order valence-corrected chi connectivity index (χ0v) is 6.59. The van der Waals surface area contributed by atoms with Gasteiger partial charge in [0.25, 0.3) is 0 Å². The summed E-state index contributed by atoms with van der Waals surface area (Å²) in [5.74, 6) is -0.657. The van der Waals surface area contributed by atoms with Crippen molar-refractivity contribution in [3.63, 3.8) is 0 Å². The molecule has 0 fully saturated rings. The first-order valence-corrected chi connectivity index (χ1v) is 3.36. The molecular formula is C3H3ClF3I. The van der Waals surface area contributed by atoms with Crippen molar-refractivity contribution in [1.82, 2.24) is 0 Å². The predicted molar refractivity (Wildman–Crippen MR) is 34.6 cm³/mol. The van der Waals surface area contributed by atoms with Gasteiger partial charge in [-0.25, -0.2) is 4.39 Å². The summed E-state index contributed by atoms with van der Waals surface area (Å²) < 4.78 is 31.7. The highest BCUT2D eigenvalue weighted by Gasteiger charge is 2.35. The second-order valence-electron chi connectivity index (χ2n) is 1.16. The number of alkyl halides is 5. The van der Waals surface area contributed by atoms with E-state index in [2.05, 4.69) is 0 Å². The highest BCUT2D eigenvalue weighted by molar-refractivity contribution is 14.1. The predicted octanol–water partition coefficient (Wildman–Crippen LogP) is 2.59. The Morgan fingerprint density at radius 1 is 1.62 bits per heavy atom. The van der Waals surface area contributed by atoms with Crippen molar-refractivity contribution in [3.05, 3.63) is 0 Å². The van der Waals surface area contributed by atoms with Crippen molar-refractivity contribution in [3.8, 4) is 0 Å². The third-order valence-corrected chi connectivity index (χ3v) is 1.44. The molecule has 0 N–H and O–H groups in total. The minimum absolute atomic E-state index is 0.657. The van der Waals surface area contributed by atoms with Crippen LogP contribution in [0.1, 0.15) is 0 Å². The Labute approximate surface area is 63.5 Å². The third-order valence-electron chi connectivity index (χ3n) is 0.491. The van der Waals surface area contributed by atoms with Crippen LogP contribution in [0.25, 0.3) is 0 Å². The molecule has 0 aliphatic carbocycles. The molecule has 0 radical (unpaired) electrons. The summed E-state index contributed by atoms with van der Waals surface area (Å²) in [6.07, 6.45) is -2.23. The summed E-state index contributed by atoms with van der Waals surface area (Å²) in [7, 11) is 0. The first-order valence-electron chi connectivity index (χ1n) is 1.75. The van der Waals surface area contributed by atoms with E-state index in [0.717, 1.165) is 0 Å². The SMILES string of the molecule is FC(CCl)C(F)(F)I. The fourth-order valence-corrected chi connectivity index (χ4v) is 0.762. The van der Waals surface area contributed by atoms with Crippen LogP contribution in [0.3, 0.4) is 0 Å². The molecule has 0 spiro atoms. The van der Waals surface area contributed by atoms with Gasteiger partial charge in [-0.3, -0.25) is 0 Å². The average molecular weight is 258 g/mol. The van der Waals surface area contributed by atoms with Crippen LogP contribution in [0.5, 0.6) is 0 Å². The normalized spacial score (nSPS) is 16.1. The lowest BCUT2D eigenvalue weighted by molar-refractivity contribution is 0.0440. The molecule has 1 atom stereocenters. The number of rotatable bonds is 2. The largest absolute Gasteiger partial charge is 0.328 e. The molecule has 0 amide bonds. The van der Waals surface area contributed by atoms with Gasteiger partial charge in [-0.2, -0.15) is 8.78 Å². The maximum absolute atomic E-state index is 11.7. The van der Waals surface area contributed by atoms with Crippen molar-refractivity contribution in [1.29, 1.82) is 0 Å². The molecule has 0 saturated carbocycles. The maximum atomic E-state index is 11.7. The van der Waals surface area contributed by atoms with E-state index in [-0.39, 0.29) is 0 Å². The lowest BCUT2D eigenvalue weighted by atomic mass is 10.5. The summed E-state index contributed by atoms with van der Waals surface area (Å²) in [6, 6.07) is 0. The highest BCUT2D eigenvalue weighted by Crippen LogP contribution is 2.29. The van der Waals surface area contributed by atoms with Gasteiger partial charge in [0.2, 0.25) is 0 Å². The van der Waals surface area contributed by atoms with Crippen LogP contribution >= 0.6 is 34.2 Å². The summed E-state index contributed by atoms with van der Waals surface area (Å²) >= 11 is 5.49. The van der Waals surface area contributed by atoms with Crippen LogP contribution in [0.15, 0.2) is 0 Å². The van der Waals surface area contributed by atoms with Crippen molar-refractivity contribution in [2.24, 2.45) is 0 Å². The molecule has 0 aliphatic heterocycles. The molecule has 0 aromatic carbocycles. The van der Waals surface area contributed by atoms with Crippen LogP contribution in [-0.4, -0.2) is 16.0 Å². The minimum atomic E-state index is -3.32. The van der Waals surface area contributed by atoms with E-state index in [1.54, 1.807) is 0 Å². The Balaban J connectivity index is 3.62. The van der Waals surface area contributed by atoms with Crippen LogP contribution in [0, 0.1) is 0 Å². The van der Waals surface area contributed by atoms with E-state index in [9.17, 15) is 13.2 Å². The minimum Gasteiger partial charge on any atom is -0.239 e. The number of hydrogen-bond acceptors (Lipinski definition) is 0. The Morgan fingerprint density at radius 3 is 2.00 bits per heavy atom. The van der Waals surface area contributed by atoms with E-state index in [0.29, 0.717) is 22.6 Å². The Kier molecular flexibility index (Phi) is 3.41. The zero-order chi connectivity index (χ0) is 6.78. The fraction of sp³-hybridized carbons (Fsp3) is 1.00. The van der Waals surface area contributed by atoms with Gasteiger partial charge in [0.1, 0.15) is 0 Å². The quantitative estimate of drug-likeness (QED) is 0.527. The molecule has 5 heteroatoms. The van der Waals surface area contributed by atoms with E-state index in [1.807, 2.05) is 0 Å². The summed E-state index contributed by atoms with van der Waals surface area (Å²) in [4.78, 5) is 0. The van der Waals surface area contributed by atoms with Gasteiger partial charge >= 0.3 is 3.93 Å². The van der Waals surface area contributed by atoms with Crippen LogP contribution in [0.4, 0.5) is 13.2 Å². The highest BCUT2D eigenvalue weighted by atomic mass is 127. The first-order chi connectivity index (χ1) is 3.48.